The van der Waals surface area contributed by atoms with Crippen LogP contribution in [0.4, 0.5) is 10.8 Å². The molecule has 0 saturated carbocycles. The zero-order chi connectivity index (χ0) is 12.3. The maximum Gasteiger partial charge on any atom is 0.309 e. The van der Waals surface area contributed by atoms with E-state index < -0.39 is 5.97 Å². The molecule has 2 rings (SSSR count). The molecule has 0 radical (unpaired) electrons. The second-order valence-electron chi connectivity index (χ2n) is 3.59. The SMILES string of the molecule is Cc1cncc(Nc2nc(CC(=O)O)cs2)c1. The lowest BCUT2D eigenvalue weighted by atomic mass is 10.3. The second kappa shape index (κ2) is 4.92. The zero-order valence-corrected chi connectivity index (χ0v) is 9.99. The molecule has 6 heteroatoms. The van der Waals surface area contributed by atoms with Crippen molar-refractivity contribution in [3.8, 4) is 0 Å². The van der Waals surface area contributed by atoms with Crippen LogP contribution in [0.25, 0.3) is 0 Å². The van der Waals surface area contributed by atoms with Crippen LogP contribution in [0.5, 0.6) is 0 Å². The lowest BCUT2D eigenvalue weighted by Gasteiger charge is -2.01. The predicted molar refractivity (Wildman–Crippen MR) is 65.7 cm³/mol. The molecule has 2 N–H and O–H groups in total. The Kier molecular flexibility index (Phi) is 3.34. The van der Waals surface area contributed by atoms with Crippen molar-refractivity contribution in [3.05, 3.63) is 35.1 Å². The Labute approximate surface area is 102 Å². The predicted octanol–water partition coefficient (Wildman–Crippen LogP) is 2.22. The third kappa shape index (κ3) is 3.25. The Morgan fingerprint density at radius 2 is 2.35 bits per heavy atom. The van der Waals surface area contributed by atoms with Gasteiger partial charge >= 0.3 is 5.97 Å². The molecular weight excluding hydrogens is 238 g/mol. The smallest absolute Gasteiger partial charge is 0.309 e. The van der Waals surface area contributed by atoms with E-state index in [0.29, 0.717) is 10.8 Å². The molecule has 0 aliphatic heterocycles. The number of rotatable bonds is 4. The molecule has 0 amide bonds. The number of aryl methyl sites for hydroxylation is 1. The minimum atomic E-state index is -0.876. The van der Waals surface area contributed by atoms with Crippen LogP contribution in [0, 0.1) is 6.92 Å². The molecule has 0 atom stereocenters. The number of carboxylic acid groups (broad SMARTS) is 1. The molecule has 5 nitrogen and oxygen atoms in total. The van der Waals surface area contributed by atoms with E-state index in [1.165, 1.54) is 11.3 Å². The molecule has 0 bridgehead atoms. The van der Waals surface area contributed by atoms with Gasteiger partial charge in [-0.1, -0.05) is 0 Å². The van der Waals surface area contributed by atoms with Gasteiger partial charge in [0.25, 0.3) is 0 Å². The fourth-order valence-corrected chi connectivity index (χ4v) is 2.08. The minimum absolute atomic E-state index is 0.0513. The molecular formula is C11H11N3O2S. The van der Waals surface area contributed by atoms with Gasteiger partial charge in [-0.25, -0.2) is 4.98 Å². The van der Waals surface area contributed by atoms with E-state index in [9.17, 15) is 4.79 Å². The van der Waals surface area contributed by atoms with Gasteiger partial charge in [0, 0.05) is 11.6 Å². The molecule has 88 valence electrons. The first-order valence-corrected chi connectivity index (χ1v) is 5.86. The molecule has 0 spiro atoms. The second-order valence-corrected chi connectivity index (χ2v) is 4.45. The van der Waals surface area contributed by atoms with Gasteiger partial charge in [-0.15, -0.1) is 11.3 Å². The molecule has 0 saturated heterocycles. The normalized spacial score (nSPS) is 10.2. The number of pyridine rings is 1. The first-order valence-electron chi connectivity index (χ1n) is 4.98. The number of anilines is 2. The third-order valence-electron chi connectivity index (χ3n) is 2.01. The average Bonchev–Trinajstić information content (AvgIpc) is 2.64. The summed E-state index contributed by atoms with van der Waals surface area (Å²) in [5.41, 5.74) is 2.46. The monoisotopic (exact) mass is 249 g/mol. The summed E-state index contributed by atoms with van der Waals surface area (Å²) in [6, 6.07) is 1.95. The van der Waals surface area contributed by atoms with Gasteiger partial charge < -0.3 is 10.4 Å². The zero-order valence-electron chi connectivity index (χ0n) is 9.17. The number of thiazole rings is 1. The lowest BCUT2D eigenvalue weighted by Crippen LogP contribution is -2.00. The van der Waals surface area contributed by atoms with Crippen molar-refractivity contribution in [2.75, 3.05) is 5.32 Å². The molecule has 2 aromatic heterocycles. The summed E-state index contributed by atoms with van der Waals surface area (Å²) >= 11 is 1.38. The maximum absolute atomic E-state index is 10.5. The Hall–Kier alpha value is -1.95. The molecule has 0 aliphatic carbocycles. The van der Waals surface area contributed by atoms with E-state index in [-0.39, 0.29) is 6.42 Å². The van der Waals surface area contributed by atoms with Crippen LogP contribution in [0.3, 0.4) is 0 Å². The van der Waals surface area contributed by atoms with Crippen LogP contribution in [-0.4, -0.2) is 21.0 Å². The van der Waals surface area contributed by atoms with Crippen LogP contribution >= 0.6 is 11.3 Å². The van der Waals surface area contributed by atoms with Gasteiger partial charge in [-0.05, 0) is 18.6 Å². The van der Waals surface area contributed by atoms with Crippen molar-refractivity contribution < 1.29 is 9.90 Å². The number of hydrogen-bond acceptors (Lipinski definition) is 5. The number of carboxylic acids is 1. The number of aliphatic carboxylic acids is 1. The highest BCUT2D eigenvalue weighted by atomic mass is 32.1. The average molecular weight is 249 g/mol. The van der Waals surface area contributed by atoms with Crippen LogP contribution in [0.15, 0.2) is 23.8 Å². The summed E-state index contributed by atoms with van der Waals surface area (Å²) in [5.74, 6) is -0.876. The first kappa shape index (κ1) is 11.5. The number of nitrogens with zero attached hydrogens (tertiary/aromatic N) is 2. The number of aromatic nitrogens is 2. The number of nitrogens with one attached hydrogen (secondary N) is 1. The van der Waals surface area contributed by atoms with E-state index in [1.54, 1.807) is 17.8 Å². The lowest BCUT2D eigenvalue weighted by molar-refractivity contribution is -0.136. The summed E-state index contributed by atoms with van der Waals surface area (Å²) in [5, 5.41) is 14.1. The van der Waals surface area contributed by atoms with E-state index in [0.717, 1.165) is 11.3 Å². The Morgan fingerprint density at radius 3 is 3.06 bits per heavy atom. The largest absolute Gasteiger partial charge is 0.481 e. The standard InChI is InChI=1S/C11H11N3O2S/c1-7-2-8(5-12-4-7)13-11-14-9(6-17-11)3-10(15)16/h2,4-6H,3H2,1H3,(H,13,14)(H,15,16). The Bertz CT molecular complexity index is 539. The number of carbonyl (C=O) groups is 1. The van der Waals surface area contributed by atoms with Gasteiger partial charge in [0.05, 0.1) is 24.0 Å². The van der Waals surface area contributed by atoms with E-state index >= 15 is 0 Å². The van der Waals surface area contributed by atoms with Gasteiger partial charge in [-0.3, -0.25) is 9.78 Å². The van der Waals surface area contributed by atoms with Crippen molar-refractivity contribution in [3.63, 3.8) is 0 Å². The first-order chi connectivity index (χ1) is 8.13. The molecule has 2 aromatic rings. The highest BCUT2D eigenvalue weighted by molar-refractivity contribution is 7.13. The fourth-order valence-electron chi connectivity index (χ4n) is 1.35. The van der Waals surface area contributed by atoms with Gasteiger partial charge in [0.1, 0.15) is 0 Å². The van der Waals surface area contributed by atoms with Gasteiger partial charge in [-0.2, -0.15) is 0 Å². The number of hydrogen-bond donors (Lipinski definition) is 2. The Morgan fingerprint density at radius 1 is 1.53 bits per heavy atom. The van der Waals surface area contributed by atoms with Crippen molar-refractivity contribution in [2.24, 2.45) is 0 Å². The summed E-state index contributed by atoms with van der Waals surface area (Å²) in [7, 11) is 0. The minimum Gasteiger partial charge on any atom is -0.481 e. The molecule has 17 heavy (non-hydrogen) atoms. The summed E-state index contributed by atoms with van der Waals surface area (Å²) in [6.45, 7) is 1.95. The van der Waals surface area contributed by atoms with Crippen LogP contribution in [-0.2, 0) is 11.2 Å². The quantitative estimate of drug-likeness (QED) is 0.869. The van der Waals surface area contributed by atoms with Crippen LogP contribution < -0.4 is 5.32 Å². The summed E-state index contributed by atoms with van der Waals surface area (Å²) in [6.07, 6.45) is 3.42. The van der Waals surface area contributed by atoms with Gasteiger partial charge in [0.15, 0.2) is 5.13 Å². The molecule has 0 unspecified atom stereocenters. The molecule has 0 aromatic carbocycles. The van der Waals surface area contributed by atoms with Gasteiger partial charge in [0.2, 0.25) is 0 Å². The van der Waals surface area contributed by atoms with Crippen LogP contribution in [0.2, 0.25) is 0 Å². The molecule has 0 fully saturated rings. The summed E-state index contributed by atoms with van der Waals surface area (Å²) < 4.78 is 0. The highest BCUT2D eigenvalue weighted by Crippen LogP contribution is 2.21. The molecule has 2 heterocycles. The van der Waals surface area contributed by atoms with Crippen molar-refractivity contribution in [2.45, 2.75) is 13.3 Å². The van der Waals surface area contributed by atoms with Crippen molar-refractivity contribution in [1.29, 1.82) is 0 Å². The highest BCUT2D eigenvalue weighted by Gasteiger charge is 2.06. The van der Waals surface area contributed by atoms with E-state index in [4.69, 9.17) is 5.11 Å². The maximum atomic E-state index is 10.5. The van der Waals surface area contributed by atoms with Crippen LogP contribution in [0.1, 0.15) is 11.3 Å². The van der Waals surface area contributed by atoms with E-state index in [1.807, 2.05) is 13.0 Å². The Balaban J connectivity index is 2.08. The third-order valence-corrected chi connectivity index (χ3v) is 2.82. The fraction of sp³-hybridized carbons (Fsp3) is 0.182. The van der Waals surface area contributed by atoms with Crippen molar-refractivity contribution >= 4 is 28.1 Å². The molecule has 0 aliphatic rings. The topological polar surface area (TPSA) is 75.1 Å². The van der Waals surface area contributed by atoms with Crippen molar-refractivity contribution in [1.82, 2.24) is 9.97 Å². The summed E-state index contributed by atoms with van der Waals surface area (Å²) in [4.78, 5) is 18.7. The van der Waals surface area contributed by atoms with E-state index in [2.05, 4.69) is 15.3 Å².